The van der Waals surface area contributed by atoms with Crippen LogP contribution in [0.4, 0.5) is 0 Å². The van der Waals surface area contributed by atoms with E-state index < -0.39 is 10.0 Å². The molecule has 0 unspecified atom stereocenters. The zero-order valence-corrected chi connectivity index (χ0v) is 15.5. The average Bonchev–Trinajstić information content (AvgIpc) is 3.02. The van der Waals surface area contributed by atoms with Crippen molar-refractivity contribution in [3.05, 3.63) is 77.6 Å². The molecule has 0 saturated carbocycles. The Morgan fingerprint density at radius 2 is 1.77 bits per heavy atom. The first-order valence-corrected chi connectivity index (χ1v) is 9.67. The van der Waals surface area contributed by atoms with E-state index in [4.69, 9.17) is 4.74 Å². The molecule has 26 heavy (non-hydrogen) atoms. The molecule has 1 heterocycles. The summed E-state index contributed by atoms with van der Waals surface area (Å²) in [4.78, 5) is 0.184. The van der Waals surface area contributed by atoms with Crippen molar-refractivity contribution in [2.45, 2.75) is 24.9 Å². The van der Waals surface area contributed by atoms with Crippen LogP contribution in [0.15, 0.2) is 65.7 Å². The topological polar surface area (TPSA) is 73.2 Å². The minimum absolute atomic E-state index is 0.148. The molecule has 0 saturated heterocycles. The molecule has 0 amide bonds. The second-order valence-corrected chi connectivity index (χ2v) is 7.63. The summed E-state index contributed by atoms with van der Waals surface area (Å²) in [5.41, 5.74) is 2.29. The van der Waals surface area contributed by atoms with Gasteiger partial charge in [0.05, 0.1) is 19.3 Å². The number of benzene rings is 2. The fourth-order valence-electron chi connectivity index (χ4n) is 2.71. The Morgan fingerprint density at radius 3 is 2.50 bits per heavy atom. The summed E-state index contributed by atoms with van der Waals surface area (Å²) in [6.45, 7) is 2.36. The van der Waals surface area contributed by atoms with Crippen molar-refractivity contribution in [1.82, 2.24) is 14.5 Å². The molecule has 0 radical (unpaired) electrons. The second kappa shape index (κ2) is 7.72. The Balaban J connectivity index is 1.77. The van der Waals surface area contributed by atoms with Gasteiger partial charge in [-0.25, -0.2) is 13.1 Å². The van der Waals surface area contributed by atoms with Crippen LogP contribution in [0.25, 0.3) is 0 Å². The molecule has 0 aliphatic carbocycles. The fourth-order valence-corrected chi connectivity index (χ4v) is 3.91. The van der Waals surface area contributed by atoms with Crippen molar-refractivity contribution in [1.29, 1.82) is 0 Å². The molecule has 1 aromatic heterocycles. The fraction of sp³-hybridized carbons (Fsp3) is 0.211. The molecule has 7 heteroatoms. The van der Waals surface area contributed by atoms with Crippen molar-refractivity contribution >= 4 is 10.0 Å². The third kappa shape index (κ3) is 4.12. The summed E-state index contributed by atoms with van der Waals surface area (Å²) < 4.78 is 34.9. The van der Waals surface area contributed by atoms with Crippen molar-refractivity contribution in [3.63, 3.8) is 0 Å². The first-order chi connectivity index (χ1) is 12.5. The lowest BCUT2D eigenvalue weighted by molar-refractivity contribution is 0.409. The molecular weight excluding hydrogens is 350 g/mol. The molecule has 0 spiro atoms. The third-order valence-corrected chi connectivity index (χ3v) is 5.53. The number of hydrogen-bond acceptors (Lipinski definition) is 4. The van der Waals surface area contributed by atoms with E-state index in [9.17, 15) is 8.42 Å². The molecule has 3 aromatic rings. The summed E-state index contributed by atoms with van der Waals surface area (Å²) in [6, 6.07) is 17.1. The number of nitrogens with zero attached hydrogens (tertiary/aromatic N) is 2. The lowest BCUT2D eigenvalue weighted by Crippen LogP contribution is -2.23. The second-order valence-electron chi connectivity index (χ2n) is 5.90. The Hall–Kier alpha value is -2.64. The van der Waals surface area contributed by atoms with E-state index in [0.29, 0.717) is 18.0 Å². The zero-order valence-electron chi connectivity index (χ0n) is 14.7. The number of rotatable bonds is 7. The predicted octanol–water partition coefficient (Wildman–Crippen LogP) is 2.73. The highest BCUT2D eigenvalue weighted by Crippen LogP contribution is 2.19. The van der Waals surface area contributed by atoms with E-state index in [0.717, 1.165) is 11.1 Å². The highest BCUT2D eigenvalue weighted by Gasteiger charge is 2.20. The minimum Gasteiger partial charge on any atom is -0.496 e. The van der Waals surface area contributed by atoms with Crippen LogP contribution >= 0.6 is 0 Å². The maximum atomic E-state index is 12.7. The maximum absolute atomic E-state index is 12.7. The number of para-hydroxylation sites is 1. The number of hydrogen-bond donors (Lipinski definition) is 1. The van der Waals surface area contributed by atoms with Crippen LogP contribution in [0.3, 0.4) is 0 Å². The molecule has 6 nitrogen and oxygen atoms in total. The van der Waals surface area contributed by atoms with Gasteiger partial charge in [0.1, 0.15) is 10.6 Å². The van der Waals surface area contributed by atoms with E-state index in [1.165, 1.54) is 0 Å². The molecule has 0 aliphatic heterocycles. The Labute approximate surface area is 153 Å². The number of nitrogens with one attached hydrogen (secondary N) is 1. The number of ether oxygens (including phenoxy) is 1. The van der Waals surface area contributed by atoms with Crippen molar-refractivity contribution in [2.75, 3.05) is 7.11 Å². The van der Waals surface area contributed by atoms with Gasteiger partial charge in [0.25, 0.3) is 0 Å². The third-order valence-electron chi connectivity index (χ3n) is 4.02. The van der Waals surface area contributed by atoms with E-state index in [-0.39, 0.29) is 11.4 Å². The molecule has 1 N–H and O–H groups in total. The van der Waals surface area contributed by atoms with Crippen LogP contribution in [0.5, 0.6) is 5.75 Å². The van der Waals surface area contributed by atoms with Crippen LogP contribution in [0.1, 0.15) is 16.8 Å². The molecular formula is C19H21N3O3S. The van der Waals surface area contributed by atoms with Gasteiger partial charge in [0, 0.05) is 18.3 Å². The van der Waals surface area contributed by atoms with E-state index in [1.54, 1.807) is 31.0 Å². The van der Waals surface area contributed by atoms with Crippen molar-refractivity contribution in [3.8, 4) is 5.75 Å². The normalized spacial score (nSPS) is 11.5. The monoisotopic (exact) mass is 371 g/mol. The van der Waals surface area contributed by atoms with Crippen LogP contribution < -0.4 is 9.46 Å². The highest BCUT2D eigenvalue weighted by molar-refractivity contribution is 7.89. The molecule has 3 rings (SSSR count). The van der Waals surface area contributed by atoms with Crippen LogP contribution in [-0.4, -0.2) is 25.3 Å². The van der Waals surface area contributed by atoms with E-state index >= 15 is 0 Å². The number of sulfonamides is 1. The number of methoxy groups -OCH3 is 1. The Kier molecular flexibility index (Phi) is 5.39. The molecule has 0 bridgehead atoms. The average molecular weight is 371 g/mol. The summed E-state index contributed by atoms with van der Waals surface area (Å²) in [5, 5.41) is 4.33. The van der Waals surface area contributed by atoms with Gasteiger partial charge in [-0.15, -0.1) is 0 Å². The van der Waals surface area contributed by atoms with E-state index in [2.05, 4.69) is 9.82 Å². The molecule has 0 atom stereocenters. The molecule has 0 aliphatic rings. The van der Waals surface area contributed by atoms with Gasteiger partial charge in [-0.05, 0) is 18.6 Å². The first-order valence-electron chi connectivity index (χ1n) is 8.19. The number of aryl methyl sites for hydroxylation is 1. The van der Waals surface area contributed by atoms with Crippen molar-refractivity contribution in [2.24, 2.45) is 0 Å². The van der Waals surface area contributed by atoms with Gasteiger partial charge >= 0.3 is 0 Å². The largest absolute Gasteiger partial charge is 0.496 e. The van der Waals surface area contributed by atoms with Gasteiger partial charge in [-0.2, -0.15) is 5.10 Å². The summed E-state index contributed by atoms with van der Waals surface area (Å²) in [5.74, 6) is 0.645. The van der Waals surface area contributed by atoms with Crippen LogP contribution in [-0.2, 0) is 23.1 Å². The Bertz CT molecular complexity index is 982. The van der Waals surface area contributed by atoms with Crippen LogP contribution in [0.2, 0.25) is 0 Å². The molecule has 0 fully saturated rings. The lowest BCUT2D eigenvalue weighted by atomic mass is 10.2. The SMILES string of the molecule is COc1ccccc1CNS(=O)(=O)c1cn(Cc2ccccc2)nc1C. The van der Waals surface area contributed by atoms with E-state index in [1.807, 2.05) is 48.5 Å². The standard InChI is InChI=1S/C19H21N3O3S/c1-15-19(14-22(21-15)13-16-8-4-3-5-9-16)26(23,24)20-12-17-10-6-7-11-18(17)25-2/h3-11,14,20H,12-13H2,1-2H3. The highest BCUT2D eigenvalue weighted by atomic mass is 32.2. The van der Waals surface area contributed by atoms with Gasteiger partial charge < -0.3 is 4.74 Å². The van der Waals surface area contributed by atoms with Crippen molar-refractivity contribution < 1.29 is 13.2 Å². The van der Waals surface area contributed by atoms with Gasteiger partial charge in [-0.3, -0.25) is 4.68 Å². The van der Waals surface area contributed by atoms with Gasteiger partial charge in [0.15, 0.2) is 0 Å². The summed E-state index contributed by atoms with van der Waals surface area (Å²) >= 11 is 0. The molecule has 136 valence electrons. The maximum Gasteiger partial charge on any atom is 0.244 e. The van der Waals surface area contributed by atoms with Gasteiger partial charge in [0.2, 0.25) is 10.0 Å². The minimum atomic E-state index is -3.67. The smallest absolute Gasteiger partial charge is 0.244 e. The van der Waals surface area contributed by atoms with Gasteiger partial charge in [-0.1, -0.05) is 48.5 Å². The van der Waals surface area contributed by atoms with Crippen LogP contribution in [0, 0.1) is 6.92 Å². The first kappa shape index (κ1) is 18.2. The quantitative estimate of drug-likeness (QED) is 0.693. The summed E-state index contributed by atoms with van der Waals surface area (Å²) in [6.07, 6.45) is 1.56. The summed E-state index contributed by atoms with van der Waals surface area (Å²) in [7, 11) is -2.11. The lowest BCUT2D eigenvalue weighted by Gasteiger charge is -2.09. The number of aromatic nitrogens is 2. The predicted molar refractivity (Wildman–Crippen MR) is 99.5 cm³/mol. The Morgan fingerprint density at radius 1 is 1.08 bits per heavy atom. The zero-order chi connectivity index (χ0) is 18.6. The molecule has 2 aromatic carbocycles.